The second kappa shape index (κ2) is 6.71. The van der Waals surface area contributed by atoms with E-state index in [0.717, 1.165) is 25.9 Å². The largest absolute Gasteiger partial charge is 0.341 e. The molecule has 2 rings (SSSR count). The molecule has 3 atom stereocenters. The molecule has 2 N–H and O–H groups in total. The third-order valence-electron chi connectivity index (χ3n) is 4.85. The number of carbonyl (C=O) groups is 1. The van der Waals surface area contributed by atoms with Crippen LogP contribution in [0.25, 0.3) is 0 Å². The van der Waals surface area contributed by atoms with Crippen molar-refractivity contribution in [2.75, 3.05) is 32.7 Å². The second-order valence-corrected chi connectivity index (χ2v) is 6.36. The van der Waals surface area contributed by atoms with Gasteiger partial charge in [0, 0.05) is 19.6 Å². The number of rotatable bonds is 5. The maximum absolute atomic E-state index is 12.3. The lowest BCUT2D eigenvalue weighted by atomic mass is 9.99. The Labute approximate surface area is 117 Å². The van der Waals surface area contributed by atoms with Gasteiger partial charge in [-0.15, -0.1) is 0 Å². The first-order valence-corrected chi connectivity index (χ1v) is 7.88. The summed E-state index contributed by atoms with van der Waals surface area (Å²) >= 11 is 0. The summed E-state index contributed by atoms with van der Waals surface area (Å²) in [6.45, 7) is 9.65. The minimum Gasteiger partial charge on any atom is -0.341 e. The third-order valence-corrected chi connectivity index (χ3v) is 4.85. The van der Waals surface area contributed by atoms with Crippen molar-refractivity contribution in [2.24, 2.45) is 17.6 Å². The fourth-order valence-electron chi connectivity index (χ4n) is 3.22. The van der Waals surface area contributed by atoms with E-state index >= 15 is 0 Å². The van der Waals surface area contributed by atoms with Crippen molar-refractivity contribution >= 4 is 5.91 Å². The Hall–Kier alpha value is -0.610. The zero-order chi connectivity index (χ0) is 13.8. The fourth-order valence-corrected chi connectivity index (χ4v) is 3.22. The number of nitrogens with zero attached hydrogens (tertiary/aromatic N) is 2. The summed E-state index contributed by atoms with van der Waals surface area (Å²) in [5.74, 6) is 1.11. The molecule has 0 aliphatic carbocycles. The number of carbonyl (C=O) groups excluding carboxylic acids is 1. The van der Waals surface area contributed by atoms with Crippen LogP contribution in [0.4, 0.5) is 0 Å². The Morgan fingerprint density at radius 2 is 2.00 bits per heavy atom. The van der Waals surface area contributed by atoms with Crippen molar-refractivity contribution in [2.45, 2.75) is 45.6 Å². The highest BCUT2D eigenvalue weighted by atomic mass is 16.2. The Morgan fingerprint density at radius 3 is 2.63 bits per heavy atom. The van der Waals surface area contributed by atoms with E-state index in [1.165, 1.54) is 32.5 Å². The van der Waals surface area contributed by atoms with Crippen LogP contribution in [-0.2, 0) is 4.79 Å². The van der Waals surface area contributed by atoms with Gasteiger partial charge in [-0.2, -0.15) is 0 Å². The lowest BCUT2D eigenvalue weighted by Gasteiger charge is -2.25. The fraction of sp³-hybridized carbons (Fsp3) is 0.933. The number of hydrogen-bond acceptors (Lipinski definition) is 3. The molecular weight excluding hydrogens is 238 g/mol. The molecule has 2 fully saturated rings. The van der Waals surface area contributed by atoms with Crippen LogP contribution in [0.5, 0.6) is 0 Å². The highest BCUT2D eigenvalue weighted by Gasteiger charge is 2.32. The van der Waals surface area contributed by atoms with E-state index in [2.05, 4.69) is 18.7 Å². The topological polar surface area (TPSA) is 49.6 Å². The van der Waals surface area contributed by atoms with Crippen molar-refractivity contribution in [1.82, 2.24) is 9.80 Å². The molecule has 0 radical (unpaired) electrons. The Morgan fingerprint density at radius 1 is 1.32 bits per heavy atom. The predicted octanol–water partition coefficient (Wildman–Crippen LogP) is 1.30. The molecule has 19 heavy (non-hydrogen) atoms. The van der Waals surface area contributed by atoms with Crippen molar-refractivity contribution in [3.05, 3.63) is 0 Å². The van der Waals surface area contributed by atoms with E-state index < -0.39 is 0 Å². The molecular formula is C15H29N3O. The SMILES string of the molecule is CCC(C)C(N)C(=O)N1CCC(CN2CCCC2)C1. The molecule has 0 saturated carbocycles. The zero-order valence-electron chi connectivity index (χ0n) is 12.5. The summed E-state index contributed by atoms with van der Waals surface area (Å²) < 4.78 is 0. The van der Waals surface area contributed by atoms with E-state index in [9.17, 15) is 4.79 Å². The van der Waals surface area contributed by atoms with Gasteiger partial charge in [0.1, 0.15) is 0 Å². The van der Waals surface area contributed by atoms with Gasteiger partial charge in [0.2, 0.25) is 5.91 Å². The molecule has 4 nitrogen and oxygen atoms in total. The molecule has 0 spiro atoms. The molecule has 110 valence electrons. The van der Waals surface area contributed by atoms with Crippen molar-refractivity contribution in [1.29, 1.82) is 0 Å². The summed E-state index contributed by atoms with van der Waals surface area (Å²) in [5.41, 5.74) is 6.06. The standard InChI is InChI=1S/C15H29N3O/c1-3-12(2)14(16)15(19)18-9-6-13(11-18)10-17-7-4-5-8-17/h12-14H,3-11,16H2,1-2H3. The van der Waals surface area contributed by atoms with Gasteiger partial charge in [-0.25, -0.2) is 0 Å². The second-order valence-electron chi connectivity index (χ2n) is 6.36. The third kappa shape index (κ3) is 3.69. The van der Waals surface area contributed by atoms with Crippen LogP contribution in [0, 0.1) is 11.8 Å². The highest BCUT2D eigenvalue weighted by molar-refractivity contribution is 5.82. The maximum atomic E-state index is 12.3. The molecule has 2 heterocycles. The quantitative estimate of drug-likeness (QED) is 0.817. The van der Waals surface area contributed by atoms with Crippen molar-refractivity contribution in [3.63, 3.8) is 0 Å². The Bertz CT molecular complexity index is 302. The van der Waals surface area contributed by atoms with E-state index in [1.54, 1.807) is 0 Å². The van der Waals surface area contributed by atoms with Gasteiger partial charge in [-0.1, -0.05) is 20.3 Å². The molecule has 2 aliphatic rings. The molecule has 0 aromatic rings. The molecule has 0 bridgehead atoms. The number of hydrogen-bond donors (Lipinski definition) is 1. The molecule has 4 heteroatoms. The average molecular weight is 267 g/mol. The number of amides is 1. The van der Waals surface area contributed by atoms with Gasteiger partial charge >= 0.3 is 0 Å². The first-order chi connectivity index (χ1) is 9.11. The van der Waals surface area contributed by atoms with Crippen LogP contribution in [0.2, 0.25) is 0 Å². The minimum absolute atomic E-state index is 0.165. The first-order valence-electron chi connectivity index (χ1n) is 7.88. The van der Waals surface area contributed by atoms with Gasteiger partial charge < -0.3 is 15.5 Å². The van der Waals surface area contributed by atoms with Crippen LogP contribution in [0.1, 0.15) is 39.5 Å². The van der Waals surface area contributed by atoms with Crippen LogP contribution < -0.4 is 5.73 Å². The summed E-state index contributed by atoms with van der Waals surface area (Å²) in [4.78, 5) is 16.9. The Balaban J connectivity index is 1.78. The summed E-state index contributed by atoms with van der Waals surface area (Å²) in [6.07, 6.45) is 4.80. The molecule has 2 saturated heterocycles. The molecule has 0 aromatic heterocycles. The van der Waals surface area contributed by atoms with Crippen molar-refractivity contribution in [3.8, 4) is 0 Å². The van der Waals surface area contributed by atoms with Crippen LogP contribution in [0.15, 0.2) is 0 Å². The molecule has 1 amide bonds. The monoisotopic (exact) mass is 267 g/mol. The van der Waals surface area contributed by atoms with E-state index in [0.29, 0.717) is 5.92 Å². The van der Waals surface area contributed by atoms with Gasteiger partial charge in [0.25, 0.3) is 0 Å². The lowest BCUT2D eigenvalue weighted by Crippen LogP contribution is -2.46. The highest BCUT2D eigenvalue weighted by Crippen LogP contribution is 2.21. The van der Waals surface area contributed by atoms with Crippen LogP contribution in [-0.4, -0.2) is 54.5 Å². The summed E-state index contributed by atoms with van der Waals surface area (Å²) in [6, 6.07) is -0.310. The van der Waals surface area contributed by atoms with E-state index in [1.807, 2.05) is 4.90 Å². The lowest BCUT2D eigenvalue weighted by molar-refractivity contribution is -0.132. The van der Waals surface area contributed by atoms with E-state index in [-0.39, 0.29) is 17.9 Å². The minimum atomic E-state index is -0.310. The molecule has 3 unspecified atom stereocenters. The summed E-state index contributed by atoms with van der Waals surface area (Å²) in [5, 5.41) is 0. The summed E-state index contributed by atoms with van der Waals surface area (Å²) in [7, 11) is 0. The van der Waals surface area contributed by atoms with Gasteiger partial charge in [0.15, 0.2) is 0 Å². The number of likely N-dealkylation sites (tertiary alicyclic amines) is 2. The smallest absolute Gasteiger partial charge is 0.239 e. The van der Waals surface area contributed by atoms with Crippen LogP contribution in [0.3, 0.4) is 0 Å². The first kappa shape index (κ1) is 14.8. The van der Waals surface area contributed by atoms with Gasteiger partial charge in [-0.3, -0.25) is 4.79 Å². The molecule has 2 aliphatic heterocycles. The molecule has 0 aromatic carbocycles. The van der Waals surface area contributed by atoms with E-state index in [4.69, 9.17) is 5.73 Å². The van der Waals surface area contributed by atoms with Gasteiger partial charge in [0.05, 0.1) is 6.04 Å². The zero-order valence-corrected chi connectivity index (χ0v) is 12.5. The number of nitrogens with two attached hydrogens (primary N) is 1. The predicted molar refractivity (Wildman–Crippen MR) is 77.8 cm³/mol. The normalized spacial score (nSPS) is 27.7. The average Bonchev–Trinajstić information content (AvgIpc) is 3.08. The maximum Gasteiger partial charge on any atom is 0.239 e. The van der Waals surface area contributed by atoms with Crippen molar-refractivity contribution < 1.29 is 4.79 Å². The van der Waals surface area contributed by atoms with Crippen LogP contribution >= 0.6 is 0 Å². The van der Waals surface area contributed by atoms with Gasteiger partial charge in [-0.05, 0) is 44.2 Å². The Kier molecular flexibility index (Phi) is 5.22.